The van der Waals surface area contributed by atoms with Gasteiger partial charge in [-0.05, 0) is 17.7 Å². The fourth-order valence-corrected chi connectivity index (χ4v) is 1.61. The van der Waals surface area contributed by atoms with Gasteiger partial charge in [-0.25, -0.2) is 8.78 Å². The number of rotatable bonds is 4. The SMILES string of the molecule is CN(C)c1nc(Cl)nc(NCc2ccc(F)cc2F)n1. The average molecular weight is 300 g/mol. The van der Waals surface area contributed by atoms with Gasteiger partial charge >= 0.3 is 0 Å². The van der Waals surface area contributed by atoms with Crippen molar-refractivity contribution in [2.75, 3.05) is 24.3 Å². The third-order valence-electron chi connectivity index (χ3n) is 2.45. The lowest BCUT2D eigenvalue weighted by Gasteiger charge is -2.12. The maximum absolute atomic E-state index is 13.5. The van der Waals surface area contributed by atoms with Crippen molar-refractivity contribution in [1.29, 1.82) is 0 Å². The molecule has 2 rings (SSSR count). The first kappa shape index (κ1) is 14.4. The van der Waals surface area contributed by atoms with Crippen LogP contribution in [0.15, 0.2) is 18.2 Å². The Kier molecular flexibility index (Phi) is 4.29. The minimum absolute atomic E-state index is 0.0331. The summed E-state index contributed by atoms with van der Waals surface area (Å²) in [5.41, 5.74) is 0.300. The predicted molar refractivity (Wildman–Crippen MR) is 72.8 cm³/mol. The van der Waals surface area contributed by atoms with Crippen molar-refractivity contribution in [1.82, 2.24) is 15.0 Å². The van der Waals surface area contributed by atoms with E-state index in [-0.39, 0.29) is 17.8 Å². The third kappa shape index (κ3) is 3.51. The van der Waals surface area contributed by atoms with Gasteiger partial charge in [0, 0.05) is 32.3 Å². The summed E-state index contributed by atoms with van der Waals surface area (Å²) < 4.78 is 26.3. The van der Waals surface area contributed by atoms with E-state index in [0.717, 1.165) is 6.07 Å². The van der Waals surface area contributed by atoms with Crippen LogP contribution in [0.1, 0.15) is 5.56 Å². The van der Waals surface area contributed by atoms with Gasteiger partial charge in [0.25, 0.3) is 0 Å². The molecular formula is C12H12ClF2N5. The van der Waals surface area contributed by atoms with Gasteiger partial charge in [0.15, 0.2) is 0 Å². The van der Waals surface area contributed by atoms with Gasteiger partial charge in [-0.3, -0.25) is 0 Å². The first-order valence-corrected chi connectivity index (χ1v) is 6.10. The van der Waals surface area contributed by atoms with Gasteiger partial charge < -0.3 is 10.2 Å². The summed E-state index contributed by atoms with van der Waals surface area (Å²) in [6, 6.07) is 3.36. The second-order valence-corrected chi connectivity index (χ2v) is 4.55. The Morgan fingerprint density at radius 2 is 1.95 bits per heavy atom. The molecule has 5 nitrogen and oxygen atoms in total. The number of halogens is 3. The quantitative estimate of drug-likeness (QED) is 0.940. The van der Waals surface area contributed by atoms with Crippen LogP contribution in [0, 0.1) is 11.6 Å². The monoisotopic (exact) mass is 299 g/mol. The molecule has 0 aliphatic carbocycles. The van der Waals surface area contributed by atoms with Gasteiger partial charge in [-0.2, -0.15) is 15.0 Å². The van der Waals surface area contributed by atoms with Gasteiger partial charge in [0.1, 0.15) is 11.6 Å². The van der Waals surface area contributed by atoms with Gasteiger partial charge in [0.2, 0.25) is 17.2 Å². The zero-order valence-corrected chi connectivity index (χ0v) is 11.6. The van der Waals surface area contributed by atoms with Crippen molar-refractivity contribution >= 4 is 23.5 Å². The van der Waals surface area contributed by atoms with Crippen molar-refractivity contribution < 1.29 is 8.78 Å². The van der Waals surface area contributed by atoms with Crippen LogP contribution >= 0.6 is 11.6 Å². The zero-order chi connectivity index (χ0) is 14.7. The summed E-state index contributed by atoms with van der Waals surface area (Å²) in [4.78, 5) is 13.6. The maximum atomic E-state index is 13.5. The van der Waals surface area contributed by atoms with E-state index in [9.17, 15) is 8.78 Å². The Hall–Kier alpha value is -2.02. The summed E-state index contributed by atoms with van der Waals surface area (Å²) in [6.07, 6.45) is 0. The fourth-order valence-electron chi connectivity index (χ4n) is 1.46. The van der Waals surface area contributed by atoms with E-state index >= 15 is 0 Å². The molecule has 1 heterocycles. The van der Waals surface area contributed by atoms with Crippen LogP contribution < -0.4 is 10.2 Å². The zero-order valence-electron chi connectivity index (χ0n) is 10.9. The molecule has 2 aromatic rings. The number of nitrogens with zero attached hydrogens (tertiary/aromatic N) is 4. The van der Waals surface area contributed by atoms with Crippen molar-refractivity contribution in [2.45, 2.75) is 6.54 Å². The van der Waals surface area contributed by atoms with Crippen LogP contribution in [0.2, 0.25) is 5.28 Å². The summed E-state index contributed by atoms with van der Waals surface area (Å²) in [6.45, 7) is 0.110. The second-order valence-electron chi connectivity index (χ2n) is 4.21. The first-order chi connectivity index (χ1) is 9.45. The highest BCUT2D eigenvalue weighted by Crippen LogP contribution is 2.14. The van der Waals surface area contributed by atoms with Crippen LogP contribution in [-0.4, -0.2) is 29.0 Å². The molecule has 0 spiro atoms. The average Bonchev–Trinajstić information content (AvgIpc) is 2.37. The molecule has 0 atom stereocenters. The number of anilines is 2. The molecule has 8 heteroatoms. The Morgan fingerprint density at radius 1 is 1.20 bits per heavy atom. The molecule has 0 saturated carbocycles. The van der Waals surface area contributed by atoms with Crippen molar-refractivity contribution in [2.24, 2.45) is 0 Å². The molecular weight excluding hydrogens is 288 g/mol. The third-order valence-corrected chi connectivity index (χ3v) is 2.62. The number of hydrogen-bond acceptors (Lipinski definition) is 5. The molecule has 106 valence electrons. The Balaban J connectivity index is 2.14. The summed E-state index contributed by atoms with van der Waals surface area (Å²) in [5.74, 6) is -0.653. The van der Waals surface area contributed by atoms with Crippen LogP contribution in [0.25, 0.3) is 0 Å². The maximum Gasteiger partial charge on any atom is 0.230 e. The first-order valence-electron chi connectivity index (χ1n) is 5.72. The summed E-state index contributed by atoms with van der Waals surface area (Å²) >= 11 is 5.78. The molecule has 0 aliphatic rings. The Morgan fingerprint density at radius 3 is 2.60 bits per heavy atom. The van der Waals surface area contributed by atoms with Gasteiger partial charge in [-0.1, -0.05) is 6.07 Å². The number of hydrogen-bond donors (Lipinski definition) is 1. The highest BCUT2D eigenvalue weighted by molar-refractivity contribution is 6.28. The molecule has 0 bridgehead atoms. The number of aromatic nitrogens is 3. The smallest absolute Gasteiger partial charge is 0.230 e. The van der Waals surface area contributed by atoms with Crippen LogP contribution in [0.5, 0.6) is 0 Å². The van der Waals surface area contributed by atoms with Crippen molar-refractivity contribution in [3.63, 3.8) is 0 Å². The van der Waals surface area contributed by atoms with E-state index in [1.54, 1.807) is 19.0 Å². The van der Waals surface area contributed by atoms with Crippen LogP contribution in [0.4, 0.5) is 20.7 Å². The minimum Gasteiger partial charge on any atom is -0.350 e. The normalized spacial score (nSPS) is 10.4. The molecule has 1 N–H and O–H groups in total. The van der Waals surface area contributed by atoms with E-state index < -0.39 is 11.6 Å². The van der Waals surface area contributed by atoms with Gasteiger partial charge in [-0.15, -0.1) is 0 Å². The highest BCUT2D eigenvalue weighted by atomic mass is 35.5. The molecule has 0 amide bonds. The topological polar surface area (TPSA) is 53.9 Å². The highest BCUT2D eigenvalue weighted by Gasteiger charge is 2.08. The Bertz CT molecular complexity index is 621. The Labute approximate surface area is 119 Å². The fraction of sp³-hybridized carbons (Fsp3) is 0.250. The lowest BCUT2D eigenvalue weighted by molar-refractivity contribution is 0.574. The summed E-state index contributed by atoms with van der Waals surface area (Å²) in [5, 5.41) is 2.85. The lowest BCUT2D eigenvalue weighted by Crippen LogP contribution is -2.15. The second kappa shape index (κ2) is 5.96. The molecule has 0 radical (unpaired) electrons. The molecule has 1 aromatic carbocycles. The number of benzene rings is 1. The molecule has 20 heavy (non-hydrogen) atoms. The van der Waals surface area contributed by atoms with E-state index in [2.05, 4.69) is 20.3 Å². The summed E-state index contributed by atoms with van der Waals surface area (Å²) in [7, 11) is 3.52. The molecule has 0 aliphatic heterocycles. The van der Waals surface area contributed by atoms with E-state index in [0.29, 0.717) is 11.5 Å². The minimum atomic E-state index is -0.634. The largest absolute Gasteiger partial charge is 0.350 e. The molecule has 1 aromatic heterocycles. The van der Waals surface area contributed by atoms with E-state index in [1.165, 1.54) is 12.1 Å². The lowest BCUT2D eigenvalue weighted by atomic mass is 10.2. The molecule has 0 saturated heterocycles. The predicted octanol–water partition coefficient (Wildman–Crippen LogP) is 2.48. The van der Waals surface area contributed by atoms with E-state index in [1.807, 2.05) is 0 Å². The van der Waals surface area contributed by atoms with Crippen LogP contribution in [0.3, 0.4) is 0 Å². The van der Waals surface area contributed by atoms with E-state index in [4.69, 9.17) is 11.6 Å². The van der Waals surface area contributed by atoms with Gasteiger partial charge in [0.05, 0.1) is 0 Å². The van der Waals surface area contributed by atoms with Crippen molar-refractivity contribution in [3.05, 3.63) is 40.7 Å². The van der Waals surface area contributed by atoms with Crippen molar-refractivity contribution in [3.8, 4) is 0 Å². The van der Waals surface area contributed by atoms with Crippen LogP contribution in [-0.2, 0) is 6.54 Å². The standard InChI is InChI=1S/C12H12ClF2N5/c1-20(2)12-18-10(13)17-11(19-12)16-6-7-3-4-8(14)5-9(7)15/h3-5H,6H2,1-2H3,(H,16,17,18,19). The molecule has 0 fully saturated rings. The molecule has 0 unspecified atom stereocenters. The number of nitrogens with one attached hydrogen (secondary N) is 1.